The van der Waals surface area contributed by atoms with Crippen molar-refractivity contribution in [3.05, 3.63) is 46.6 Å². The number of nitrogens with one attached hydrogen (secondary N) is 2. The summed E-state index contributed by atoms with van der Waals surface area (Å²) in [7, 11) is 3.90. The lowest BCUT2D eigenvalue weighted by Crippen LogP contribution is -2.34. The summed E-state index contributed by atoms with van der Waals surface area (Å²) in [6.45, 7) is 0.482. The van der Waals surface area contributed by atoms with E-state index in [1.165, 1.54) is 0 Å². The average molecular weight is 326 g/mol. The molecule has 19 heavy (non-hydrogen) atoms. The molecule has 5 nitrogen and oxygen atoms in total. The number of likely N-dealkylation sites (N-methyl/N-ethyl adjacent to an activating group) is 1. The predicted molar refractivity (Wildman–Crippen MR) is 76.0 cm³/mol. The minimum Gasteiger partial charge on any atom is -0.468 e. The molecule has 0 aliphatic heterocycles. The maximum Gasteiger partial charge on any atom is 0.267 e. The Kier molecular flexibility index (Phi) is 4.44. The van der Waals surface area contributed by atoms with Gasteiger partial charge in [-0.25, -0.2) is 0 Å². The van der Waals surface area contributed by atoms with E-state index in [0.717, 1.165) is 10.2 Å². The number of nitrogens with zero attached hydrogens (tertiary/aromatic N) is 1. The average Bonchev–Trinajstić information content (AvgIpc) is 3.00. The fourth-order valence-corrected chi connectivity index (χ4v) is 2.15. The first-order valence-corrected chi connectivity index (χ1v) is 6.69. The van der Waals surface area contributed by atoms with E-state index in [4.69, 9.17) is 4.42 Å². The van der Waals surface area contributed by atoms with Crippen LogP contribution in [0.25, 0.3) is 0 Å². The normalized spacial score (nSPS) is 12.6. The molecule has 0 bridgehead atoms. The predicted octanol–water partition coefficient (Wildman–Crippen LogP) is 2.40. The van der Waals surface area contributed by atoms with Gasteiger partial charge in [-0.15, -0.1) is 0 Å². The number of carbonyl (C=O) groups is 1. The molecule has 0 fully saturated rings. The van der Waals surface area contributed by atoms with Crippen molar-refractivity contribution in [3.8, 4) is 0 Å². The number of rotatable bonds is 5. The van der Waals surface area contributed by atoms with E-state index in [9.17, 15) is 4.79 Å². The zero-order valence-electron chi connectivity index (χ0n) is 10.8. The van der Waals surface area contributed by atoms with E-state index in [2.05, 4.69) is 26.2 Å². The highest BCUT2D eigenvalue weighted by molar-refractivity contribution is 9.10. The van der Waals surface area contributed by atoms with Crippen LogP contribution in [-0.4, -0.2) is 36.4 Å². The number of aromatic nitrogens is 1. The van der Waals surface area contributed by atoms with Crippen molar-refractivity contribution in [2.24, 2.45) is 0 Å². The summed E-state index contributed by atoms with van der Waals surface area (Å²) in [5, 5.41) is 2.89. The number of halogens is 1. The summed E-state index contributed by atoms with van der Waals surface area (Å²) in [6.07, 6.45) is 3.36. The number of carbonyl (C=O) groups excluding carboxylic acids is 1. The van der Waals surface area contributed by atoms with Crippen LogP contribution in [0.3, 0.4) is 0 Å². The lowest BCUT2D eigenvalue weighted by atomic mass is 10.2. The topological polar surface area (TPSA) is 61.3 Å². The number of hydrogen-bond acceptors (Lipinski definition) is 3. The highest BCUT2D eigenvalue weighted by Gasteiger charge is 2.18. The maximum absolute atomic E-state index is 11.9. The summed E-state index contributed by atoms with van der Waals surface area (Å²) in [6, 6.07) is 5.50. The van der Waals surface area contributed by atoms with Gasteiger partial charge in [0.1, 0.15) is 11.5 Å². The zero-order chi connectivity index (χ0) is 13.8. The Morgan fingerprint density at radius 1 is 1.58 bits per heavy atom. The van der Waals surface area contributed by atoms with Crippen molar-refractivity contribution in [2.75, 3.05) is 20.6 Å². The van der Waals surface area contributed by atoms with Crippen molar-refractivity contribution < 1.29 is 9.21 Å². The Balaban J connectivity index is 1.98. The second-order valence-electron chi connectivity index (χ2n) is 4.44. The monoisotopic (exact) mass is 325 g/mol. The molecule has 0 aliphatic rings. The second kappa shape index (κ2) is 6.08. The molecule has 0 saturated carbocycles. The standard InChI is InChI=1S/C13H16BrN3O2/c1-17(2)11(12-4-3-5-19-12)8-16-13(18)10-6-9(14)7-15-10/h3-7,11,15H,8H2,1-2H3,(H,16,18)/t11-/m0/s1. The first-order chi connectivity index (χ1) is 9.08. The van der Waals surface area contributed by atoms with Crippen LogP contribution in [0, 0.1) is 0 Å². The number of hydrogen-bond donors (Lipinski definition) is 2. The minimum atomic E-state index is -0.135. The molecule has 0 spiro atoms. The Labute approximate surface area is 120 Å². The summed E-state index contributed by atoms with van der Waals surface area (Å²) >= 11 is 3.30. The van der Waals surface area contributed by atoms with Crippen LogP contribution in [0.4, 0.5) is 0 Å². The molecular weight excluding hydrogens is 310 g/mol. The van der Waals surface area contributed by atoms with Gasteiger partial charge in [0.05, 0.1) is 12.3 Å². The molecule has 2 heterocycles. The van der Waals surface area contributed by atoms with Crippen LogP contribution in [-0.2, 0) is 0 Å². The van der Waals surface area contributed by atoms with Crippen molar-refractivity contribution >= 4 is 21.8 Å². The SMILES string of the molecule is CN(C)[C@@H](CNC(=O)c1cc(Br)c[nH]1)c1ccco1. The lowest BCUT2D eigenvalue weighted by Gasteiger charge is -2.22. The number of H-pyrrole nitrogens is 1. The minimum absolute atomic E-state index is 0.0114. The third-order valence-corrected chi connectivity index (χ3v) is 3.30. The molecule has 2 aromatic rings. The van der Waals surface area contributed by atoms with E-state index >= 15 is 0 Å². The molecule has 102 valence electrons. The zero-order valence-corrected chi connectivity index (χ0v) is 12.4. The fourth-order valence-electron chi connectivity index (χ4n) is 1.80. The molecule has 2 N–H and O–H groups in total. The molecule has 0 saturated heterocycles. The van der Waals surface area contributed by atoms with Gasteiger partial charge in [-0.3, -0.25) is 9.69 Å². The summed E-state index contributed by atoms with van der Waals surface area (Å²) in [5.41, 5.74) is 0.531. The first kappa shape index (κ1) is 13.9. The molecule has 2 rings (SSSR count). The highest BCUT2D eigenvalue weighted by Crippen LogP contribution is 2.18. The first-order valence-electron chi connectivity index (χ1n) is 5.90. The van der Waals surface area contributed by atoms with E-state index in [0.29, 0.717) is 12.2 Å². The van der Waals surface area contributed by atoms with Gasteiger partial charge < -0.3 is 14.7 Å². The molecule has 1 amide bonds. The quantitative estimate of drug-likeness (QED) is 0.887. The molecule has 2 aromatic heterocycles. The largest absolute Gasteiger partial charge is 0.468 e. The number of amides is 1. The molecule has 0 radical (unpaired) electrons. The van der Waals surface area contributed by atoms with Crippen molar-refractivity contribution in [1.82, 2.24) is 15.2 Å². The van der Waals surface area contributed by atoms with Gasteiger partial charge in [0.25, 0.3) is 5.91 Å². The van der Waals surface area contributed by atoms with E-state index in [1.807, 2.05) is 31.1 Å². The third-order valence-electron chi connectivity index (χ3n) is 2.84. The summed E-state index contributed by atoms with van der Waals surface area (Å²) in [4.78, 5) is 16.8. The van der Waals surface area contributed by atoms with Gasteiger partial charge in [-0.1, -0.05) is 0 Å². The number of aromatic amines is 1. The van der Waals surface area contributed by atoms with Gasteiger partial charge in [0.15, 0.2) is 0 Å². The van der Waals surface area contributed by atoms with Gasteiger partial charge in [-0.05, 0) is 48.2 Å². The van der Waals surface area contributed by atoms with E-state index in [1.54, 1.807) is 18.5 Å². The van der Waals surface area contributed by atoms with Crippen LogP contribution in [0.2, 0.25) is 0 Å². The molecule has 1 atom stereocenters. The Bertz CT molecular complexity index is 534. The number of furan rings is 1. The van der Waals surface area contributed by atoms with Crippen molar-refractivity contribution in [1.29, 1.82) is 0 Å². The van der Waals surface area contributed by atoms with Gasteiger partial charge >= 0.3 is 0 Å². The fraction of sp³-hybridized carbons (Fsp3) is 0.308. The van der Waals surface area contributed by atoms with E-state index < -0.39 is 0 Å². The lowest BCUT2D eigenvalue weighted by molar-refractivity contribution is 0.0934. The Hall–Kier alpha value is -1.53. The van der Waals surface area contributed by atoms with Crippen LogP contribution in [0.1, 0.15) is 22.3 Å². The van der Waals surface area contributed by atoms with Gasteiger partial charge in [0.2, 0.25) is 0 Å². The molecule has 0 unspecified atom stereocenters. The summed E-state index contributed by atoms with van der Waals surface area (Å²) < 4.78 is 6.25. The van der Waals surface area contributed by atoms with Crippen LogP contribution >= 0.6 is 15.9 Å². The van der Waals surface area contributed by atoms with Crippen molar-refractivity contribution in [3.63, 3.8) is 0 Å². The van der Waals surface area contributed by atoms with Crippen LogP contribution in [0.15, 0.2) is 39.5 Å². The smallest absolute Gasteiger partial charge is 0.267 e. The summed E-state index contributed by atoms with van der Waals surface area (Å²) in [5.74, 6) is 0.696. The Morgan fingerprint density at radius 2 is 2.37 bits per heavy atom. The molecule has 6 heteroatoms. The molecule has 0 aromatic carbocycles. The van der Waals surface area contributed by atoms with Gasteiger partial charge in [0, 0.05) is 17.2 Å². The molecular formula is C13H16BrN3O2. The maximum atomic E-state index is 11.9. The second-order valence-corrected chi connectivity index (χ2v) is 5.35. The van der Waals surface area contributed by atoms with Crippen molar-refractivity contribution in [2.45, 2.75) is 6.04 Å². The van der Waals surface area contributed by atoms with Gasteiger partial charge in [-0.2, -0.15) is 0 Å². The third kappa shape index (κ3) is 3.48. The van der Waals surface area contributed by atoms with Crippen LogP contribution < -0.4 is 5.32 Å². The molecule has 0 aliphatic carbocycles. The highest BCUT2D eigenvalue weighted by atomic mass is 79.9. The van der Waals surface area contributed by atoms with E-state index in [-0.39, 0.29) is 11.9 Å². The Morgan fingerprint density at radius 3 is 2.89 bits per heavy atom. The van der Waals surface area contributed by atoms with Crippen LogP contribution in [0.5, 0.6) is 0 Å².